The topological polar surface area (TPSA) is 51.1 Å². The van der Waals surface area contributed by atoms with Crippen molar-refractivity contribution >= 4 is 28.9 Å². The van der Waals surface area contributed by atoms with Gasteiger partial charge < -0.3 is 14.4 Å². The van der Waals surface area contributed by atoms with Crippen molar-refractivity contribution < 1.29 is 14.3 Å². The van der Waals surface area contributed by atoms with E-state index in [2.05, 4.69) is 9.89 Å². The Morgan fingerprint density at radius 2 is 1.79 bits per heavy atom. The zero-order valence-electron chi connectivity index (χ0n) is 14.1. The predicted octanol–water partition coefficient (Wildman–Crippen LogP) is 3.55. The van der Waals surface area contributed by atoms with Crippen LogP contribution >= 0.6 is 11.8 Å². The molecule has 0 saturated carbocycles. The van der Waals surface area contributed by atoms with Gasteiger partial charge in [-0.05, 0) is 48.4 Å². The zero-order valence-corrected chi connectivity index (χ0v) is 14.9. The number of benzene rings is 1. The molecule has 0 unspecified atom stereocenters. The molecule has 2 heterocycles. The summed E-state index contributed by atoms with van der Waals surface area (Å²) in [5.41, 5.74) is 0.899. The van der Waals surface area contributed by atoms with Crippen LogP contribution in [0.2, 0.25) is 0 Å². The zero-order chi connectivity index (χ0) is 16.9. The standard InChI is InChI=1S/C18H22N2O3S/c1-22-14-8-7-13(11-15(14)23-2)12-16-17(21)19-18(24-16)20-9-5-3-4-6-10-20/h7-8,11-12H,3-6,9-10H2,1-2H3/b16-12-. The average molecular weight is 346 g/mol. The molecule has 0 aromatic heterocycles. The van der Waals surface area contributed by atoms with Crippen molar-refractivity contribution in [2.75, 3.05) is 27.3 Å². The Kier molecular flexibility index (Phi) is 5.45. The predicted molar refractivity (Wildman–Crippen MR) is 97.6 cm³/mol. The number of ether oxygens (including phenoxy) is 2. The quantitative estimate of drug-likeness (QED) is 0.784. The first kappa shape index (κ1) is 16.9. The van der Waals surface area contributed by atoms with E-state index in [1.807, 2.05) is 24.3 Å². The SMILES string of the molecule is COc1ccc(/C=C2\SC(N3CCCCCC3)=NC2=O)cc1OC. The van der Waals surface area contributed by atoms with Gasteiger partial charge in [-0.3, -0.25) is 4.79 Å². The summed E-state index contributed by atoms with van der Waals surface area (Å²) < 4.78 is 10.6. The second kappa shape index (κ2) is 7.75. The fourth-order valence-corrected chi connectivity index (χ4v) is 3.85. The van der Waals surface area contributed by atoms with Gasteiger partial charge in [-0.15, -0.1) is 0 Å². The Hall–Kier alpha value is -1.95. The third-order valence-corrected chi connectivity index (χ3v) is 5.24. The van der Waals surface area contributed by atoms with Crippen LogP contribution in [0.15, 0.2) is 28.1 Å². The molecule has 0 aliphatic carbocycles. The largest absolute Gasteiger partial charge is 0.493 e. The van der Waals surface area contributed by atoms with E-state index in [0.29, 0.717) is 16.4 Å². The number of aliphatic imine (C=N–C) groups is 1. The molecule has 5 nitrogen and oxygen atoms in total. The van der Waals surface area contributed by atoms with Gasteiger partial charge in [-0.2, -0.15) is 4.99 Å². The van der Waals surface area contributed by atoms with E-state index in [-0.39, 0.29) is 5.91 Å². The molecule has 1 aromatic rings. The number of thioether (sulfide) groups is 1. The number of rotatable bonds is 3. The Morgan fingerprint density at radius 3 is 2.46 bits per heavy atom. The number of likely N-dealkylation sites (tertiary alicyclic amines) is 1. The molecule has 0 spiro atoms. The first-order valence-electron chi connectivity index (χ1n) is 8.21. The summed E-state index contributed by atoms with van der Waals surface area (Å²) in [4.78, 5) is 19.4. The van der Waals surface area contributed by atoms with Gasteiger partial charge in [0.15, 0.2) is 16.7 Å². The van der Waals surface area contributed by atoms with E-state index < -0.39 is 0 Å². The van der Waals surface area contributed by atoms with Crippen molar-refractivity contribution in [2.45, 2.75) is 25.7 Å². The van der Waals surface area contributed by atoms with Crippen LogP contribution < -0.4 is 9.47 Å². The summed E-state index contributed by atoms with van der Waals surface area (Å²) in [6.45, 7) is 1.98. The number of methoxy groups -OCH3 is 2. The van der Waals surface area contributed by atoms with Gasteiger partial charge in [0.25, 0.3) is 5.91 Å². The van der Waals surface area contributed by atoms with Crippen molar-refractivity contribution in [3.05, 3.63) is 28.7 Å². The highest BCUT2D eigenvalue weighted by Crippen LogP contribution is 2.33. The van der Waals surface area contributed by atoms with E-state index in [0.717, 1.165) is 23.8 Å². The number of hydrogen-bond donors (Lipinski definition) is 0. The molecule has 0 atom stereocenters. The maximum absolute atomic E-state index is 12.2. The summed E-state index contributed by atoms with van der Waals surface area (Å²) >= 11 is 1.47. The Bertz CT molecular complexity index is 677. The fraction of sp³-hybridized carbons (Fsp3) is 0.444. The van der Waals surface area contributed by atoms with E-state index in [1.165, 1.54) is 37.4 Å². The van der Waals surface area contributed by atoms with Gasteiger partial charge in [0.1, 0.15) is 0 Å². The first-order valence-corrected chi connectivity index (χ1v) is 9.02. The molecule has 3 rings (SSSR count). The second-order valence-corrected chi connectivity index (χ2v) is 6.83. The lowest BCUT2D eigenvalue weighted by Crippen LogP contribution is -2.28. The van der Waals surface area contributed by atoms with Crippen LogP contribution in [0.4, 0.5) is 0 Å². The molecule has 6 heteroatoms. The van der Waals surface area contributed by atoms with Crippen molar-refractivity contribution in [1.29, 1.82) is 0 Å². The lowest BCUT2D eigenvalue weighted by atomic mass is 10.2. The van der Waals surface area contributed by atoms with E-state index in [9.17, 15) is 4.79 Å². The fourth-order valence-electron chi connectivity index (χ4n) is 2.89. The number of carbonyl (C=O) groups excluding carboxylic acids is 1. The Balaban J connectivity index is 1.76. The first-order chi connectivity index (χ1) is 11.7. The normalized spacial score (nSPS) is 20.1. The monoisotopic (exact) mass is 346 g/mol. The number of nitrogens with zero attached hydrogens (tertiary/aromatic N) is 2. The number of carbonyl (C=O) groups is 1. The summed E-state index contributed by atoms with van der Waals surface area (Å²) in [6, 6.07) is 5.61. The number of amides is 1. The number of amidine groups is 1. The molecule has 2 aliphatic heterocycles. The lowest BCUT2D eigenvalue weighted by molar-refractivity contribution is -0.113. The summed E-state index contributed by atoms with van der Waals surface area (Å²) in [6.07, 6.45) is 6.72. The summed E-state index contributed by atoms with van der Waals surface area (Å²) in [7, 11) is 3.21. The maximum atomic E-state index is 12.2. The van der Waals surface area contributed by atoms with Crippen LogP contribution in [0, 0.1) is 0 Å². The summed E-state index contributed by atoms with van der Waals surface area (Å²) in [5.74, 6) is 1.16. The molecule has 128 valence electrons. The van der Waals surface area contributed by atoms with Gasteiger partial charge in [0, 0.05) is 13.1 Å². The molecule has 1 aromatic carbocycles. The minimum atomic E-state index is -0.158. The maximum Gasteiger partial charge on any atom is 0.286 e. The molecule has 1 saturated heterocycles. The highest BCUT2D eigenvalue weighted by atomic mass is 32.2. The van der Waals surface area contributed by atoms with Crippen molar-refractivity contribution in [2.24, 2.45) is 4.99 Å². The van der Waals surface area contributed by atoms with Crippen molar-refractivity contribution in [3.63, 3.8) is 0 Å². The van der Waals surface area contributed by atoms with Gasteiger partial charge in [0.05, 0.1) is 19.1 Å². The number of hydrogen-bond acceptors (Lipinski definition) is 5. The van der Waals surface area contributed by atoms with E-state index in [4.69, 9.17) is 9.47 Å². The van der Waals surface area contributed by atoms with Gasteiger partial charge in [-0.25, -0.2) is 0 Å². The molecule has 0 N–H and O–H groups in total. The van der Waals surface area contributed by atoms with Crippen molar-refractivity contribution in [1.82, 2.24) is 4.90 Å². The van der Waals surface area contributed by atoms with Gasteiger partial charge in [0.2, 0.25) is 0 Å². The molecule has 0 bridgehead atoms. The molecule has 1 fully saturated rings. The molecular formula is C18H22N2O3S. The van der Waals surface area contributed by atoms with Gasteiger partial charge >= 0.3 is 0 Å². The van der Waals surface area contributed by atoms with Crippen molar-refractivity contribution in [3.8, 4) is 11.5 Å². The highest BCUT2D eigenvalue weighted by Gasteiger charge is 2.26. The van der Waals surface area contributed by atoms with Crippen LogP contribution in [0.25, 0.3) is 6.08 Å². The second-order valence-electron chi connectivity index (χ2n) is 5.83. The van der Waals surface area contributed by atoms with Gasteiger partial charge in [-0.1, -0.05) is 18.9 Å². The molecular weight excluding hydrogens is 324 g/mol. The smallest absolute Gasteiger partial charge is 0.286 e. The van der Waals surface area contributed by atoms with E-state index >= 15 is 0 Å². The minimum absolute atomic E-state index is 0.158. The van der Waals surface area contributed by atoms with Crippen LogP contribution in [-0.2, 0) is 4.79 Å². The molecule has 2 aliphatic rings. The summed E-state index contributed by atoms with van der Waals surface area (Å²) in [5, 5.41) is 0.841. The lowest BCUT2D eigenvalue weighted by Gasteiger charge is -2.20. The molecule has 24 heavy (non-hydrogen) atoms. The third-order valence-electron chi connectivity index (χ3n) is 4.19. The van der Waals surface area contributed by atoms with Crippen LogP contribution in [0.5, 0.6) is 11.5 Å². The minimum Gasteiger partial charge on any atom is -0.493 e. The van der Waals surface area contributed by atoms with E-state index in [1.54, 1.807) is 14.2 Å². The highest BCUT2D eigenvalue weighted by molar-refractivity contribution is 8.18. The third kappa shape index (κ3) is 3.75. The Labute approximate surface area is 146 Å². The van der Waals surface area contributed by atoms with Crippen LogP contribution in [0.1, 0.15) is 31.2 Å². The average Bonchev–Trinajstić information content (AvgIpc) is 2.81. The van der Waals surface area contributed by atoms with Crippen LogP contribution in [-0.4, -0.2) is 43.3 Å². The Morgan fingerprint density at radius 1 is 1.08 bits per heavy atom. The molecule has 0 radical (unpaired) electrons. The van der Waals surface area contributed by atoms with Crippen LogP contribution in [0.3, 0.4) is 0 Å². The molecule has 1 amide bonds.